The highest BCUT2D eigenvalue weighted by atomic mass is 16.3. The number of pyridine rings is 2. The zero-order valence-corrected chi connectivity index (χ0v) is 16.5. The lowest BCUT2D eigenvalue weighted by Gasteiger charge is -2.31. The second-order valence-corrected chi connectivity index (χ2v) is 7.57. The first-order chi connectivity index (χ1) is 13.7. The molecule has 28 heavy (non-hydrogen) atoms. The van der Waals surface area contributed by atoms with Crippen LogP contribution in [-0.2, 0) is 0 Å². The van der Waals surface area contributed by atoms with Gasteiger partial charge in [0.05, 0.1) is 17.2 Å². The van der Waals surface area contributed by atoms with E-state index in [1.807, 2.05) is 25.4 Å². The van der Waals surface area contributed by atoms with E-state index in [1.165, 1.54) is 0 Å². The monoisotopic (exact) mass is 380 g/mol. The molecule has 2 N–H and O–H groups in total. The molecule has 1 atom stereocenters. The Balaban J connectivity index is 1.63. The summed E-state index contributed by atoms with van der Waals surface area (Å²) in [6, 6.07) is 4.74. The van der Waals surface area contributed by atoms with Gasteiger partial charge in [0.25, 0.3) is 0 Å². The first kappa shape index (κ1) is 19.0. The van der Waals surface area contributed by atoms with Gasteiger partial charge in [-0.2, -0.15) is 0 Å². The fraction of sp³-hybridized carbons (Fsp3) is 0.524. The number of hydrogen-bond acceptors (Lipinski definition) is 6. The molecule has 0 saturated heterocycles. The molecule has 3 aromatic heterocycles. The van der Waals surface area contributed by atoms with Crippen LogP contribution in [0.3, 0.4) is 0 Å². The Hall–Kier alpha value is -2.38. The predicted octanol–water partition coefficient (Wildman–Crippen LogP) is 3.20. The quantitative estimate of drug-likeness (QED) is 0.506. The van der Waals surface area contributed by atoms with E-state index in [4.69, 9.17) is 4.98 Å². The largest absolute Gasteiger partial charge is 0.385 e. The highest BCUT2D eigenvalue weighted by Gasteiger charge is 2.28. The molecule has 0 amide bonds. The van der Waals surface area contributed by atoms with Crippen molar-refractivity contribution in [2.75, 3.05) is 13.6 Å². The molecule has 3 aromatic rings. The molecule has 4 rings (SSSR count). The topological polar surface area (TPSA) is 88.2 Å². The van der Waals surface area contributed by atoms with E-state index in [9.17, 15) is 5.11 Å². The Morgan fingerprint density at radius 2 is 2.11 bits per heavy atom. The summed E-state index contributed by atoms with van der Waals surface area (Å²) in [4.78, 5) is 17.8. The summed E-state index contributed by atoms with van der Waals surface area (Å²) < 4.78 is 2.23. The van der Waals surface area contributed by atoms with Crippen molar-refractivity contribution in [3.05, 3.63) is 30.4 Å². The molecule has 1 saturated carbocycles. The van der Waals surface area contributed by atoms with Gasteiger partial charge in [-0.25, -0.2) is 4.98 Å². The van der Waals surface area contributed by atoms with Gasteiger partial charge in [-0.1, -0.05) is 0 Å². The molecule has 148 valence electrons. The lowest BCUT2D eigenvalue weighted by Crippen LogP contribution is -2.34. The Kier molecular flexibility index (Phi) is 5.64. The van der Waals surface area contributed by atoms with E-state index in [0.717, 1.165) is 60.7 Å². The summed E-state index contributed by atoms with van der Waals surface area (Å²) in [6.45, 7) is 2.75. The summed E-state index contributed by atoms with van der Waals surface area (Å²) >= 11 is 0. The third-order valence-electron chi connectivity index (χ3n) is 5.63. The maximum absolute atomic E-state index is 10.4. The Morgan fingerprint density at radius 1 is 1.29 bits per heavy atom. The second-order valence-electron chi connectivity index (χ2n) is 7.57. The fourth-order valence-electron chi connectivity index (χ4n) is 4.29. The number of nitrogens with one attached hydrogen (secondary N) is 1. The van der Waals surface area contributed by atoms with Gasteiger partial charge >= 0.3 is 0 Å². The number of aliphatic hydroxyl groups excluding tert-OH is 1. The minimum absolute atomic E-state index is 0.317. The van der Waals surface area contributed by atoms with Crippen LogP contribution in [-0.4, -0.2) is 50.5 Å². The molecule has 0 bridgehead atoms. The van der Waals surface area contributed by atoms with Crippen LogP contribution >= 0.6 is 0 Å². The fourth-order valence-corrected chi connectivity index (χ4v) is 4.29. The van der Waals surface area contributed by atoms with Gasteiger partial charge in [0.2, 0.25) is 0 Å². The van der Waals surface area contributed by atoms with Gasteiger partial charge in [-0.3, -0.25) is 9.97 Å². The summed E-state index contributed by atoms with van der Waals surface area (Å²) in [7, 11) is 1.81. The number of fused-ring (bicyclic) bond motifs is 3. The van der Waals surface area contributed by atoms with Crippen molar-refractivity contribution in [3.8, 4) is 0 Å². The van der Waals surface area contributed by atoms with Crippen LogP contribution < -0.4 is 5.32 Å². The number of hydrogen-bond donors (Lipinski definition) is 2. The minimum Gasteiger partial charge on any atom is -0.385 e. The summed E-state index contributed by atoms with van der Waals surface area (Å²) in [6.07, 6.45) is 10.2. The molecule has 1 fully saturated rings. The van der Waals surface area contributed by atoms with Crippen LogP contribution in [0.2, 0.25) is 0 Å². The van der Waals surface area contributed by atoms with Crippen LogP contribution in [0.25, 0.3) is 22.1 Å². The maximum atomic E-state index is 10.4. The van der Waals surface area contributed by atoms with E-state index >= 15 is 0 Å². The predicted molar refractivity (Wildman–Crippen MR) is 112 cm³/mol. The molecule has 0 aliphatic heterocycles. The molecule has 7 heteroatoms. The molecule has 0 radical (unpaired) electrons. The SMILES string of the molecule is CN=CCCNC1CCC(n2c(C(C)O)nc3cnc4cccnc4c32)CC1. The number of aromatic nitrogens is 4. The molecule has 1 aliphatic carbocycles. The van der Waals surface area contributed by atoms with Crippen molar-refractivity contribution in [3.63, 3.8) is 0 Å². The van der Waals surface area contributed by atoms with E-state index in [1.54, 1.807) is 19.3 Å². The number of rotatable bonds is 6. The number of nitrogens with zero attached hydrogens (tertiary/aromatic N) is 5. The minimum atomic E-state index is -0.629. The highest BCUT2D eigenvalue weighted by Crippen LogP contribution is 2.36. The summed E-state index contributed by atoms with van der Waals surface area (Å²) in [5.74, 6) is 0.713. The standard InChI is InChI=1S/C21H28N6O/c1-14(28)21-26-18-13-25-17-5-3-11-24-19(17)20(18)27(21)16-8-6-15(7-9-16)23-12-4-10-22-2/h3,5,10-11,13-16,23,28H,4,6-9,12H2,1-2H3. The van der Waals surface area contributed by atoms with Crippen molar-refractivity contribution in [2.24, 2.45) is 4.99 Å². The average molecular weight is 380 g/mol. The van der Waals surface area contributed by atoms with Gasteiger partial charge in [0.15, 0.2) is 0 Å². The third-order valence-corrected chi connectivity index (χ3v) is 5.63. The molecular weight excluding hydrogens is 352 g/mol. The maximum Gasteiger partial charge on any atom is 0.138 e. The van der Waals surface area contributed by atoms with Crippen LogP contribution in [0.1, 0.15) is 57.0 Å². The highest BCUT2D eigenvalue weighted by molar-refractivity contribution is 5.99. The Morgan fingerprint density at radius 3 is 2.86 bits per heavy atom. The van der Waals surface area contributed by atoms with Crippen molar-refractivity contribution >= 4 is 28.3 Å². The number of aliphatic imine (C=N–C) groups is 1. The summed E-state index contributed by atoms with van der Waals surface area (Å²) in [5.41, 5.74) is 3.53. The zero-order valence-electron chi connectivity index (χ0n) is 16.5. The second kappa shape index (κ2) is 8.32. The molecule has 0 aromatic carbocycles. The normalized spacial score (nSPS) is 21.7. The molecule has 1 unspecified atom stereocenters. The first-order valence-corrected chi connectivity index (χ1v) is 10.1. The molecule has 1 aliphatic rings. The molecular formula is C21H28N6O. The van der Waals surface area contributed by atoms with Gasteiger partial charge in [0.1, 0.15) is 23.0 Å². The van der Waals surface area contributed by atoms with Crippen LogP contribution in [0, 0.1) is 0 Å². The lowest BCUT2D eigenvalue weighted by atomic mass is 9.90. The Labute approximate surface area is 164 Å². The van der Waals surface area contributed by atoms with Gasteiger partial charge in [-0.15, -0.1) is 0 Å². The Bertz CT molecular complexity index is 972. The van der Waals surface area contributed by atoms with E-state index in [0.29, 0.717) is 17.9 Å². The molecule has 0 spiro atoms. The van der Waals surface area contributed by atoms with Crippen molar-refractivity contribution in [2.45, 2.75) is 57.2 Å². The smallest absolute Gasteiger partial charge is 0.138 e. The van der Waals surface area contributed by atoms with Gasteiger partial charge in [0, 0.05) is 31.9 Å². The van der Waals surface area contributed by atoms with Crippen molar-refractivity contribution < 1.29 is 5.11 Å². The van der Waals surface area contributed by atoms with E-state index in [2.05, 4.69) is 24.8 Å². The van der Waals surface area contributed by atoms with Gasteiger partial charge < -0.3 is 20.0 Å². The lowest BCUT2D eigenvalue weighted by molar-refractivity contribution is 0.176. The summed E-state index contributed by atoms with van der Waals surface area (Å²) in [5, 5.41) is 14.0. The van der Waals surface area contributed by atoms with E-state index in [-0.39, 0.29) is 0 Å². The first-order valence-electron chi connectivity index (χ1n) is 10.1. The van der Waals surface area contributed by atoms with Gasteiger partial charge in [-0.05, 0) is 57.4 Å². The van der Waals surface area contributed by atoms with E-state index < -0.39 is 6.10 Å². The number of imidazole rings is 1. The molecule has 7 nitrogen and oxygen atoms in total. The number of aliphatic hydroxyl groups is 1. The van der Waals surface area contributed by atoms with Crippen LogP contribution in [0.15, 0.2) is 29.5 Å². The third kappa shape index (κ3) is 3.64. The average Bonchev–Trinajstić information content (AvgIpc) is 3.12. The van der Waals surface area contributed by atoms with Crippen molar-refractivity contribution in [1.29, 1.82) is 0 Å². The van der Waals surface area contributed by atoms with Crippen LogP contribution in [0.4, 0.5) is 0 Å². The zero-order chi connectivity index (χ0) is 19.5. The van der Waals surface area contributed by atoms with Crippen LogP contribution in [0.5, 0.6) is 0 Å². The van der Waals surface area contributed by atoms with Crippen molar-refractivity contribution in [1.82, 2.24) is 24.8 Å². The molecule has 3 heterocycles.